The molecule has 1 saturated heterocycles. The SMILES string of the molecule is COC(=O)C1(NCCN=[N+]=[N-])CCS(=O)(=O)CC1. The van der Waals surface area contributed by atoms with Crippen molar-refractivity contribution in [2.45, 2.75) is 18.4 Å². The number of nitrogens with zero attached hydrogens (tertiary/aromatic N) is 3. The number of methoxy groups -OCH3 is 1. The summed E-state index contributed by atoms with van der Waals surface area (Å²) in [4.78, 5) is 14.4. The Balaban J connectivity index is 2.72. The first-order valence-electron chi connectivity index (χ1n) is 5.50. The summed E-state index contributed by atoms with van der Waals surface area (Å²) in [5, 5.41) is 6.30. The fourth-order valence-corrected chi connectivity index (χ4v) is 3.45. The number of ether oxygens (including phenoxy) is 1. The Kier molecular flexibility index (Phi) is 4.94. The minimum atomic E-state index is -3.06. The van der Waals surface area contributed by atoms with Crippen LogP contribution in [-0.4, -0.2) is 51.6 Å². The zero-order chi connectivity index (χ0) is 13.6. The van der Waals surface area contributed by atoms with Crippen LogP contribution in [0.15, 0.2) is 5.11 Å². The second-order valence-corrected chi connectivity index (χ2v) is 6.41. The van der Waals surface area contributed by atoms with Crippen LogP contribution in [0.25, 0.3) is 10.4 Å². The van der Waals surface area contributed by atoms with Crippen LogP contribution < -0.4 is 5.32 Å². The quantitative estimate of drug-likeness (QED) is 0.249. The molecule has 1 heterocycles. The Morgan fingerprint density at radius 2 is 2.11 bits per heavy atom. The summed E-state index contributed by atoms with van der Waals surface area (Å²) in [6, 6.07) is 0. The molecular formula is C9H16N4O4S. The van der Waals surface area contributed by atoms with Gasteiger partial charge in [-0.1, -0.05) is 5.11 Å². The van der Waals surface area contributed by atoms with Crippen LogP contribution in [0.3, 0.4) is 0 Å². The monoisotopic (exact) mass is 276 g/mol. The Morgan fingerprint density at radius 1 is 1.50 bits per heavy atom. The first kappa shape index (κ1) is 14.7. The smallest absolute Gasteiger partial charge is 0.326 e. The summed E-state index contributed by atoms with van der Waals surface area (Å²) >= 11 is 0. The molecule has 1 rings (SSSR count). The highest BCUT2D eigenvalue weighted by Gasteiger charge is 2.43. The Labute approximate surface area is 105 Å². The summed E-state index contributed by atoms with van der Waals surface area (Å²) in [5.41, 5.74) is 7.17. The summed E-state index contributed by atoms with van der Waals surface area (Å²) in [6.45, 7) is 0.501. The molecule has 0 aliphatic carbocycles. The van der Waals surface area contributed by atoms with Gasteiger partial charge in [-0.2, -0.15) is 0 Å². The lowest BCUT2D eigenvalue weighted by Gasteiger charge is -2.35. The highest BCUT2D eigenvalue weighted by Crippen LogP contribution is 2.25. The zero-order valence-electron chi connectivity index (χ0n) is 10.1. The minimum absolute atomic E-state index is 0.0450. The van der Waals surface area contributed by atoms with Crippen molar-refractivity contribution in [1.82, 2.24) is 5.32 Å². The molecule has 9 heteroatoms. The second kappa shape index (κ2) is 6.03. The molecule has 0 aromatic carbocycles. The van der Waals surface area contributed by atoms with Gasteiger partial charge in [-0.25, -0.2) is 8.42 Å². The number of sulfone groups is 1. The Hall–Kier alpha value is -1.31. The van der Waals surface area contributed by atoms with E-state index in [1.165, 1.54) is 7.11 Å². The van der Waals surface area contributed by atoms with Crippen molar-refractivity contribution in [3.8, 4) is 0 Å². The fourth-order valence-electron chi connectivity index (χ4n) is 1.92. The molecule has 0 bridgehead atoms. The highest BCUT2D eigenvalue weighted by molar-refractivity contribution is 7.91. The lowest BCUT2D eigenvalue weighted by molar-refractivity contribution is -0.149. The van der Waals surface area contributed by atoms with Crippen LogP contribution in [0.4, 0.5) is 0 Å². The minimum Gasteiger partial charge on any atom is -0.468 e. The van der Waals surface area contributed by atoms with E-state index >= 15 is 0 Å². The van der Waals surface area contributed by atoms with Crippen molar-refractivity contribution in [2.75, 3.05) is 31.7 Å². The number of hydrogen-bond acceptors (Lipinski definition) is 6. The molecular weight excluding hydrogens is 260 g/mol. The van der Waals surface area contributed by atoms with Gasteiger partial charge in [0.15, 0.2) is 0 Å². The molecule has 102 valence electrons. The van der Waals surface area contributed by atoms with Gasteiger partial charge in [-0.15, -0.1) is 0 Å². The summed E-state index contributed by atoms with van der Waals surface area (Å²) in [7, 11) is -1.79. The van der Waals surface area contributed by atoms with Crippen molar-refractivity contribution < 1.29 is 17.9 Å². The van der Waals surface area contributed by atoms with Crippen molar-refractivity contribution in [2.24, 2.45) is 5.11 Å². The van der Waals surface area contributed by atoms with Crippen LogP contribution in [0, 0.1) is 0 Å². The number of rotatable bonds is 5. The van der Waals surface area contributed by atoms with Crippen LogP contribution in [-0.2, 0) is 19.4 Å². The topological polar surface area (TPSA) is 121 Å². The van der Waals surface area contributed by atoms with E-state index in [1.54, 1.807) is 0 Å². The fraction of sp³-hybridized carbons (Fsp3) is 0.889. The first-order valence-corrected chi connectivity index (χ1v) is 7.33. The number of carbonyl (C=O) groups is 1. The molecule has 1 aliphatic rings. The normalized spacial score (nSPS) is 20.7. The van der Waals surface area contributed by atoms with E-state index in [9.17, 15) is 13.2 Å². The number of nitrogens with one attached hydrogen (secondary N) is 1. The van der Waals surface area contributed by atoms with Crippen molar-refractivity contribution in [3.05, 3.63) is 10.4 Å². The molecule has 1 N–H and O–H groups in total. The van der Waals surface area contributed by atoms with Gasteiger partial charge >= 0.3 is 5.97 Å². The van der Waals surface area contributed by atoms with Gasteiger partial charge in [-0.05, 0) is 18.4 Å². The molecule has 1 fully saturated rings. The van der Waals surface area contributed by atoms with Gasteiger partial charge in [0.2, 0.25) is 0 Å². The van der Waals surface area contributed by atoms with Crippen molar-refractivity contribution >= 4 is 15.8 Å². The number of esters is 1. The van der Waals surface area contributed by atoms with E-state index in [0.29, 0.717) is 6.54 Å². The average molecular weight is 276 g/mol. The lowest BCUT2D eigenvalue weighted by Crippen LogP contribution is -2.57. The van der Waals surface area contributed by atoms with Gasteiger partial charge in [-0.3, -0.25) is 4.79 Å². The molecule has 8 nitrogen and oxygen atoms in total. The highest BCUT2D eigenvalue weighted by atomic mass is 32.2. The maximum atomic E-state index is 11.8. The number of azide groups is 1. The third-order valence-electron chi connectivity index (χ3n) is 2.99. The van der Waals surface area contributed by atoms with E-state index in [2.05, 4.69) is 15.3 Å². The largest absolute Gasteiger partial charge is 0.468 e. The number of hydrogen-bond donors (Lipinski definition) is 1. The van der Waals surface area contributed by atoms with Gasteiger partial charge in [0.25, 0.3) is 0 Å². The van der Waals surface area contributed by atoms with Crippen LogP contribution in [0.2, 0.25) is 0 Å². The third-order valence-corrected chi connectivity index (χ3v) is 4.65. The van der Waals surface area contributed by atoms with Gasteiger partial charge in [0, 0.05) is 18.0 Å². The molecule has 1 aliphatic heterocycles. The molecule has 0 aromatic rings. The molecule has 0 amide bonds. The Morgan fingerprint density at radius 3 is 2.61 bits per heavy atom. The van der Waals surface area contributed by atoms with E-state index in [1.807, 2.05) is 0 Å². The van der Waals surface area contributed by atoms with Crippen LogP contribution in [0.1, 0.15) is 12.8 Å². The maximum absolute atomic E-state index is 11.8. The summed E-state index contributed by atoms with van der Waals surface area (Å²) in [6.07, 6.45) is 0.358. The lowest BCUT2D eigenvalue weighted by atomic mass is 9.92. The summed E-state index contributed by atoms with van der Waals surface area (Å²) < 4.78 is 27.5. The first-order chi connectivity index (χ1) is 8.46. The van der Waals surface area contributed by atoms with Gasteiger partial charge in [0.1, 0.15) is 15.4 Å². The molecule has 0 saturated carbocycles. The number of carbonyl (C=O) groups excluding carboxylic acids is 1. The van der Waals surface area contributed by atoms with E-state index < -0.39 is 21.3 Å². The second-order valence-electron chi connectivity index (χ2n) is 4.11. The molecule has 0 atom stereocenters. The third kappa shape index (κ3) is 3.59. The standard InChI is InChI=1S/C9H16N4O4S/c1-17-8(14)9(11-4-5-12-13-10)2-6-18(15,16)7-3-9/h11H,2-7H2,1H3. The van der Waals surface area contributed by atoms with E-state index in [4.69, 9.17) is 10.3 Å². The maximum Gasteiger partial charge on any atom is 0.326 e. The molecule has 0 aromatic heterocycles. The van der Waals surface area contributed by atoms with Crippen molar-refractivity contribution in [1.29, 1.82) is 0 Å². The molecule has 0 spiro atoms. The molecule has 0 radical (unpaired) electrons. The van der Waals surface area contributed by atoms with Crippen LogP contribution in [0.5, 0.6) is 0 Å². The van der Waals surface area contributed by atoms with Crippen molar-refractivity contribution in [3.63, 3.8) is 0 Å². The molecule has 18 heavy (non-hydrogen) atoms. The average Bonchev–Trinajstić information content (AvgIpc) is 2.36. The van der Waals surface area contributed by atoms with E-state index in [0.717, 1.165) is 0 Å². The van der Waals surface area contributed by atoms with Crippen LogP contribution >= 0.6 is 0 Å². The predicted molar refractivity (Wildman–Crippen MR) is 64.7 cm³/mol. The van der Waals surface area contributed by atoms with Gasteiger partial charge < -0.3 is 10.1 Å². The summed E-state index contributed by atoms with van der Waals surface area (Å²) in [5.74, 6) is -0.564. The van der Waals surface area contributed by atoms with Gasteiger partial charge in [0.05, 0.1) is 18.6 Å². The van der Waals surface area contributed by atoms with E-state index in [-0.39, 0.29) is 30.9 Å². The molecule has 0 unspecified atom stereocenters. The predicted octanol–water partition coefficient (Wildman–Crippen LogP) is 0.00670. The Bertz CT molecular complexity index is 441. The zero-order valence-corrected chi connectivity index (χ0v) is 10.9.